The molecule has 0 aliphatic carbocycles. The monoisotopic (exact) mass is 367 g/mol. The second-order valence-corrected chi connectivity index (χ2v) is 6.27. The van der Waals surface area contributed by atoms with Crippen molar-refractivity contribution in [2.24, 2.45) is 0 Å². The summed E-state index contributed by atoms with van der Waals surface area (Å²) >= 11 is 0. The number of hydrogen-bond donors (Lipinski definition) is 1. The van der Waals surface area contributed by atoms with Crippen LogP contribution in [0.15, 0.2) is 79.4 Å². The van der Waals surface area contributed by atoms with Gasteiger partial charge in [0, 0.05) is 16.9 Å². The zero-order chi connectivity index (χ0) is 19.4. The second kappa shape index (κ2) is 7.70. The first kappa shape index (κ1) is 18.8. The first-order valence-corrected chi connectivity index (χ1v) is 8.70. The molecule has 1 nitrogen and oxygen atoms in total. The molecule has 0 heterocycles. The summed E-state index contributed by atoms with van der Waals surface area (Å²) in [4.78, 5) is 0. The zero-order valence-electron chi connectivity index (χ0n) is 15.0. The van der Waals surface area contributed by atoms with Gasteiger partial charge in [-0.1, -0.05) is 62.0 Å². The van der Waals surface area contributed by atoms with Crippen molar-refractivity contribution in [3.8, 4) is 11.1 Å². The number of rotatable bonds is 5. The maximum atomic E-state index is 12.8. The highest BCUT2D eigenvalue weighted by Gasteiger charge is 2.30. The molecule has 0 unspecified atom stereocenters. The molecule has 27 heavy (non-hydrogen) atoms. The Kier molecular flexibility index (Phi) is 5.36. The predicted molar refractivity (Wildman–Crippen MR) is 105 cm³/mol. The summed E-state index contributed by atoms with van der Waals surface area (Å²) in [5.41, 5.74) is 4.58. The third-order valence-electron chi connectivity index (χ3n) is 4.43. The Morgan fingerprint density at radius 2 is 1.52 bits per heavy atom. The van der Waals surface area contributed by atoms with Gasteiger partial charge in [0.2, 0.25) is 0 Å². The van der Waals surface area contributed by atoms with Crippen LogP contribution in [0.3, 0.4) is 0 Å². The van der Waals surface area contributed by atoms with Gasteiger partial charge in [-0.2, -0.15) is 13.2 Å². The van der Waals surface area contributed by atoms with E-state index in [4.69, 9.17) is 0 Å². The molecule has 0 spiro atoms. The Labute approximate surface area is 157 Å². The summed E-state index contributed by atoms with van der Waals surface area (Å²) in [5, 5.41) is 3.28. The van der Waals surface area contributed by atoms with E-state index in [1.54, 1.807) is 0 Å². The van der Waals surface area contributed by atoms with Crippen LogP contribution in [0.4, 0.5) is 18.9 Å². The van der Waals surface area contributed by atoms with Crippen molar-refractivity contribution in [3.05, 3.63) is 96.1 Å². The number of anilines is 1. The number of hydrogen-bond acceptors (Lipinski definition) is 1. The van der Waals surface area contributed by atoms with E-state index < -0.39 is 11.7 Å². The van der Waals surface area contributed by atoms with E-state index >= 15 is 0 Å². The fourth-order valence-corrected chi connectivity index (χ4v) is 2.90. The smallest absolute Gasteiger partial charge is 0.356 e. The largest absolute Gasteiger partial charge is 0.416 e. The number of aryl methyl sites for hydroxylation is 1. The average Bonchev–Trinajstić information content (AvgIpc) is 2.68. The minimum atomic E-state index is -4.34. The van der Waals surface area contributed by atoms with Crippen LogP contribution in [0.1, 0.15) is 23.6 Å². The van der Waals surface area contributed by atoms with Crippen LogP contribution in [0.2, 0.25) is 0 Å². The molecule has 0 aliphatic rings. The molecule has 0 aliphatic heterocycles. The maximum Gasteiger partial charge on any atom is 0.416 e. The molecule has 0 aromatic heterocycles. The standard InChI is InChI=1S/C23H20F3N/c1-3-17-8-14-20(15-9-17)27-16(2)21-6-4-5-7-22(21)18-10-12-19(13-11-18)23(24,25)26/h4-15,27H,2-3H2,1H3. The van der Waals surface area contributed by atoms with Gasteiger partial charge in [-0.25, -0.2) is 0 Å². The van der Waals surface area contributed by atoms with Crippen molar-refractivity contribution in [1.82, 2.24) is 0 Å². The molecule has 3 aromatic carbocycles. The van der Waals surface area contributed by atoms with Crippen LogP contribution in [-0.4, -0.2) is 0 Å². The molecule has 0 amide bonds. The Hall–Kier alpha value is -3.01. The lowest BCUT2D eigenvalue weighted by atomic mass is 9.97. The summed E-state index contributed by atoms with van der Waals surface area (Å²) in [6.45, 7) is 6.21. The van der Waals surface area contributed by atoms with Crippen molar-refractivity contribution in [1.29, 1.82) is 0 Å². The summed E-state index contributed by atoms with van der Waals surface area (Å²) in [7, 11) is 0. The van der Waals surface area contributed by atoms with Crippen molar-refractivity contribution < 1.29 is 13.2 Å². The van der Waals surface area contributed by atoms with Crippen molar-refractivity contribution >= 4 is 11.4 Å². The fraction of sp³-hybridized carbons (Fsp3) is 0.130. The van der Waals surface area contributed by atoms with E-state index in [1.807, 2.05) is 36.4 Å². The van der Waals surface area contributed by atoms with Gasteiger partial charge in [0.1, 0.15) is 0 Å². The Morgan fingerprint density at radius 1 is 0.889 bits per heavy atom. The van der Waals surface area contributed by atoms with E-state index in [1.165, 1.54) is 17.7 Å². The Morgan fingerprint density at radius 3 is 2.11 bits per heavy atom. The van der Waals surface area contributed by atoms with E-state index in [-0.39, 0.29) is 0 Å². The molecule has 0 bridgehead atoms. The van der Waals surface area contributed by atoms with Crippen molar-refractivity contribution in [2.75, 3.05) is 5.32 Å². The van der Waals surface area contributed by atoms with Gasteiger partial charge in [0.05, 0.1) is 5.56 Å². The number of benzene rings is 3. The summed E-state index contributed by atoms with van der Waals surface area (Å²) in [5.74, 6) is 0. The fourth-order valence-electron chi connectivity index (χ4n) is 2.90. The molecule has 3 aromatic rings. The number of nitrogens with one attached hydrogen (secondary N) is 1. The molecular weight excluding hydrogens is 347 g/mol. The topological polar surface area (TPSA) is 12.0 Å². The van der Waals surface area contributed by atoms with E-state index in [2.05, 4.69) is 31.0 Å². The minimum Gasteiger partial charge on any atom is -0.356 e. The van der Waals surface area contributed by atoms with Crippen molar-refractivity contribution in [2.45, 2.75) is 19.5 Å². The van der Waals surface area contributed by atoms with Gasteiger partial charge in [-0.15, -0.1) is 0 Å². The molecule has 0 radical (unpaired) electrons. The second-order valence-electron chi connectivity index (χ2n) is 6.27. The molecule has 1 N–H and O–H groups in total. The summed E-state index contributed by atoms with van der Waals surface area (Å²) in [6, 6.07) is 20.8. The van der Waals surface area contributed by atoms with E-state index in [9.17, 15) is 13.2 Å². The highest BCUT2D eigenvalue weighted by atomic mass is 19.4. The molecular formula is C23H20F3N. The molecule has 0 saturated heterocycles. The predicted octanol–water partition coefficient (Wildman–Crippen LogP) is 7.02. The maximum absolute atomic E-state index is 12.8. The van der Waals surface area contributed by atoms with Crippen LogP contribution < -0.4 is 5.32 Å². The molecule has 0 fully saturated rings. The highest BCUT2D eigenvalue weighted by Crippen LogP contribution is 2.33. The first-order chi connectivity index (χ1) is 12.9. The normalized spacial score (nSPS) is 11.3. The third-order valence-corrected chi connectivity index (χ3v) is 4.43. The highest BCUT2D eigenvalue weighted by molar-refractivity contribution is 5.85. The van der Waals surface area contributed by atoms with Crippen LogP contribution in [0.5, 0.6) is 0 Å². The van der Waals surface area contributed by atoms with Crippen LogP contribution >= 0.6 is 0 Å². The number of alkyl halides is 3. The molecule has 0 saturated carbocycles. The van der Waals surface area contributed by atoms with Gasteiger partial charge in [0.25, 0.3) is 0 Å². The van der Waals surface area contributed by atoms with Gasteiger partial charge < -0.3 is 5.32 Å². The van der Waals surface area contributed by atoms with Crippen LogP contribution in [0.25, 0.3) is 16.8 Å². The Bertz CT molecular complexity index is 923. The zero-order valence-corrected chi connectivity index (χ0v) is 15.0. The summed E-state index contributed by atoms with van der Waals surface area (Å²) < 4.78 is 38.4. The minimum absolute atomic E-state index is 0.656. The van der Waals surface area contributed by atoms with Gasteiger partial charge in [0.15, 0.2) is 0 Å². The first-order valence-electron chi connectivity index (χ1n) is 8.70. The molecule has 4 heteroatoms. The van der Waals surface area contributed by atoms with E-state index in [0.29, 0.717) is 11.3 Å². The van der Waals surface area contributed by atoms with Gasteiger partial charge in [-0.3, -0.25) is 0 Å². The van der Waals surface area contributed by atoms with Gasteiger partial charge >= 0.3 is 6.18 Å². The SMILES string of the molecule is C=C(Nc1ccc(CC)cc1)c1ccccc1-c1ccc(C(F)(F)F)cc1. The lowest BCUT2D eigenvalue weighted by molar-refractivity contribution is -0.137. The van der Waals surface area contributed by atoms with Crippen LogP contribution in [0, 0.1) is 0 Å². The van der Waals surface area contributed by atoms with Crippen molar-refractivity contribution in [3.63, 3.8) is 0 Å². The molecule has 0 atom stereocenters. The average molecular weight is 367 g/mol. The molecule has 138 valence electrons. The lowest BCUT2D eigenvalue weighted by Crippen LogP contribution is -2.04. The lowest BCUT2D eigenvalue weighted by Gasteiger charge is -2.15. The Balaban J connectivity index is 1.87. The van der Waals surface area contributed by atoms with E-state index in [0.717, 1.165) is 35.4 Å². The quantitative estimate of drug-likeness (QED) is 0.511. The number of halogens is 3. The van der Waals surface area contributed by atoms with Gasteiger partial charge in [-0.05, 0) is 47.4 Å². The third kappa shape index (κ3) is 4.40. The van der Waals surface area contributed by atoms with Crippen LogP contribution in [-0.2, 0) is 12.6 Å². The molecule has 3 rings (SSSR count). The summed E-state index contributed by atoms with van der Waals surface area (Å²) in [6.07, 6.45) is -3.37.